The van der Waals surface area contributed by atoms with Gasteiger partial charge in [-0.2, -0.15) is 0 Å². The van der Waals surface area contributed by atoms with Crippen LogP contribution < -0.4 is 10.1 Å². The predicted octanol–water partition coefficient (Wildman–Crippen LogP) is 4.60. The molecule has 0 saturated heterocycles. The van der Waals surface area contributed by atoms with Crippen molar-refractivity contribution in [1.29, 1.82) is 0 Å². The molecule has 2 nitrogen and oxygen atoms in total. The van der Waals surface area contributed by atoms with Gasteiger partial charge < -0.3 is 10.1 Å². The Kier molecular flexibility index (Phi) is 5.37. The molecule has 0 bridgehead atoms. The molecule has 0 heterocycles. The van der Waals surface area contributed by atoms with Gasteiger partial charge in [0, 0.05) is 10.0 Å². The molecule has 0 aliphatic heterocycles. The Morgan fingerprint density at radius 3 is 2.57 bits per heavy atom. The summed E-state index contributed by atoms with van der Waals surface area (Å²) in [5, 5.41) is 3.18. The summed E-state index contributed by atoms with van der Waals surface area (Å²) >= 11 is 3.56. The molecule has 0 spiro atoms. The minimum absolute atomic E-state index is 0.208. The number of halogens is 2. The number of ether oxygens (including phenoxy) is 1. The van der Waals surface area contributed by atoms with Crippen LogP contribution in [-0.2, 0) is 0 Å². The highest BCUT2D eigenvalue weighted by Crippen LogP contribution is 2.32. The minimum Gasteiger partial charge on any atom is -0.494 e. The molecule has 1 atom stereocenters. The fourth-order valence-electron chi connectivity index (χ4n) is 2.36. The van der Waals surface area contributed by atoms with Crippen LogP contribution in [0.2, 0.25) is 0 Å². The van der Waals surface area contributed by atoms with Crippen molar-refractivity contribution >= 4 is 15.9 Å². The topological polar surface area (TPSA) is 21.3 Å². The Labute approximate surface area is 133 Å². The Morgan fingerprint density at radius 2 is 1.95 bits per heavy atom. The molecule has 0 aliphatic rings. The van der Waals surface area contributed by atoms with E-state index in [1.54, 1.807) is 6.07 Å². The molecule has 2 aromatic rings. The lowest BCUT2D eigenvalue weighted by Gasteiger charge is -2.20. The second-order valence-electron chi connectivity index (χ2n) is 4.86. The van der Waals surface area contributed by atoms with Crippen molar-refractivity contribution in [3.63, 3.8) is 0 Å². The van der Waals surface area contributed by atoms with E-state index in [0.717, 1.165) is 21.3 Å². The normalized spacial score (nSPS) is 12.2. The van der Waals surface area contributed by atoms with Crippen LogP contribution in [0.4, 0.5) is 4.39 Å². The number of benzene rings is 2. The van der Waals surface area contributed by atoms with E-state index in [1.165, 1.54) is 6.07 Å². The maximum absolute atomic E-state index is 14.1. The van der Waals surface area contributed by atoms with Gasteiger partial charge in [-0.1, -0.05) is 39.7 Å². The van der Waals surface area contributed by atoms with Crippen molar-refractivity contribution in [2.45, 2.75) is 19.9 Å². The third-order valence-corrected chi connectivity index (χ3v) is 4.03. The summed E-state index contributed by atoms with van der Waals surface area (Å²) in [5.74, 6) is 0.591. The van der Waals surface area contributed by atoms with Crippen LogP contribution in [-0.4, -0.2) is 13.7 Å². The highest BCUT2D eigenvalue weighted by atomic mass is 79.9. The zero-order chi connectivity index (χ0) is 15.4. The Balaban J connectivity index is 2.44. The number of aryl methyl sites for hydroxylation is 1. The first kappa shape index (κ1) is 16.0. The van der Waals surface area contributed by atoms with Crippen molar-refractivity contribution in [2.75, 3.05) is 13.7 Å². The zero-order valence-electron chi connectivity index (χ0n) is 12.4. The van der Waals surface area contributed by atoms with Crippen molar-refractivity contribution in [2.24, 2.45) is 0 Å². The zero-order valence-corrected chi connectivity index (χ0v) is 14.0. The van der Waals surface area contributed by atoms with E-state index < -0.39 is 0 Å². The lowest BCUT2D eigenvalue weighted by molar-refractivity contribution is 0.340. The summed E-state index contributed by atoms with van der Waals surface area (Å²) < 4.78 is 20.5. The van der Waals surface area contributed by atoms with Crippen molar-refractivity contribution in [1.82, 2.24) is 5.32 Å². The molecule has 0 radical (unpaired) electrons. The average Bonchev–Trinajstić information content (AvgIpc) is 2.46. The molecule has 0 aliphatic carbocycles. The Bertz CT molecular complexity index is 630. The summed E-state index contributed by atoms with van der Waals surface area (Å²) in [6.45, 7) is 4.52. The summed E-state index contributed by atoms with van der Waals surface area (Å²) in [5.41, 5.74) is 2.65. The highest BCUT2D eigenvalue weighted by molar-refractivity contribution is 9.10. The van der Waals surface area contributed by atoms with Crippen LogP contribution in [0, 0.1) is 12.7 Å². The van der Waals surface area contributed by atoms with Gasteiger partial charge in [0.05, 0.1) is 12.6 Å². The van der Waals surface area contributed by atoms with Crippen molar-refractivity contribution in [3.05, 3.63) is 63.4 Å². The van der Waals surface area contributed by atoms with Gasteiger partial charge >= 0.3 is 0 Å². The van der Waals surface area contributed by atoms with Gasteiger partial charge in [-0.25, -0.2) is 4.39 Å². The number of nitrogens with one attached hydrogen (secondary N) is 1. The largest absolute Gasteiger partial charge is 0.494 e. The summed E-state index contributed by atoms with van der Waals surface area (Å²) in [6.07, 6.45) is 0. The van der Waals surface area contributed by atoms with E-state index >= 15 is 0 Å². The molecule has 0 amide bonds. The van der Waals surface area contributed by atoms with Gasteiger partial charge in [0.25, 0.3) is 0 Å². The van der Waals surface area contributed by atoms with Crippen LogP contribution >= 0.6 is 15.9 Å². The van der Waals surface area contributed by atoms with Gasteiger partial charge in [-0.05, 0) is 44.7 Å². The molecule has 2 rings (SSSR count). The molecule has 1 unspecified atom stereocenters. The van der Waals surface area contributed by atoms with E-state index in [1.807, 2.05) is 45.2 Å². The van der Waals surface area contributed by atoms with E-state index in [9.17, 15) is 4.39 Å². The summed E-state index contributed by atoms with van der Waals surface area (Å²) in [4.78, 5) is 0. The lowest BCUT2D eigenvalue weighted by Crippen LogP contribution is -2.19. The van der Waals surface area contributed by atoms with Crippen molar-refractivity contribution < 1.29 is 9.13 Å². The molecule has 0 aromatic heterocycles. The first-order valence-electron chi connectivity index (χ1n) is 6.92. The van der Waals surface area contributed by atoms with E-state index in [-0.39, 0.29) is 11.9 Å². The summed E-state index contributed by atoms with van der Waals surface area (Å²) in [7, 11) is 1.83. The third kappa shape index (κ3) is 3.63. The average molecular weight is 352 g/mol. The molecule has 112 valence electrons. The number of hydrogen-bond acceptors (Lipinski definition) is 2. The molecule has 0 fully saturated rings. The van der Waals surface area contributed by atoms with Gasteiger partial charge in [0.1, 0.15) is 11.6 Å². The van der Waals surface area contributed by atoms with E-state index in [0.29, 0.717) is 12.2 Å². The maximum Gasteiger partial charge on any atom is 0.128 e. The Morgan fingerprint density at radius 1 is 1.19 bits per heavy atom. The van der Waals surface area contributed by atoms with Crippen LogP contribution in [0.3, 0.4) is 0 Å². The number of rotatable bonds is 5. The second kappa shape index (κ2) is 7.05. The highest BCUT2D eigenvalue weighted by Gasteiger charge is 2.19. The monoisotopic (exact) mass is 351 g/mol. The number of hydrogen-bond donors (Lipinski definition) is 1. The lowest BCUT2D eigenvalue weighted by atomic mass is 9.97. The third-order valence-electron chi connectivity index (χ3n) is 3.35. The van der Waals surface area contributed by atoms with Crippen LogP contribution in [0.25, 0.3) is 0 Å². The molecule has 2 aromatic carbocycles. The first-order chi connectivity index (χ1) is 10.1. The molecule has 4 heteroatoms. The Hall–Kier alpha value is -1.39. The van der Waals surface area contributed by atoms with E-state index in [2.05, 4.69) is 21.2 Å². The van der Waals surface area contributed by atoms with Crippen LogP contribution in [0.5, 0.6) is 5.75 Å². The molecular weight excluding hydrogens is 333 g/mol. The van der Waals surface area contributed by atoms with Crippen LogP contribution in [0.1, 0.15) is 29.7 Å². The predicted molar refractivity (Wildman–Crippen MR) is 87.4 cm³/mol. The van der Waals surface area contributed by atoms with Gasteiger partial charge in [0.15, 0.2) is 0 Å². The first-order valence-corrected chi connectivity index (χ1v) is 7.71. The molecular formula is C17H19BrFNO. The van der Waals surface area contributed by atoms with Gasteiger partial charge in [-0.3, -0.25) is 0 Å². The second-order valence-corrected chi connectivity index (χ2v) is 5.72. The smallest absolute Gasteiger partial charge is 0.128 e. The molecule has 0 saturated carbocycles. The SMILES string of the molecule is CCOc1ccc(C(NC)c2cc(C)ccc2F)c(Br)c1. The van der Waals surface area contributed by atoms with Gasteiger partial charge in [-0.15, -0.1) is 0 Å². The fraction of sp³-hybridized carbons (Fsp3) is 0.294. The quantitative estimate of drug-likeness (QED) is 0.849. The van der Waals surface area contributed by atoms with E-state index in [4.69, 9.17) is 4.74 Å². The summed E-state index contributed by atoms with van der Waals surface area (Å²) in [6, 6.07) is 10.7. The van der Waals surface area contributed by atoms with Gasteiger partial charge in [0.2, 0.25) is 0 Å². The molecule has 1 N–H and O–H groups in total. The van der Waals surface area contributed by atoms with Crippen LogP contribution in [0.15, 0.2) is 40.9 Å². The van der Waals surface area contributed by atoms with Crippen molar-refractivity contribution in [3.8, 4) is 5.75 Å². The molecule has 21 heavy (non-hydrogen) atoms. The standard InChI is InChI=1S/C17H19BrFNO/c1-4-21-12-6-7-13(15(18)10-12)17(20-3)14-9-11(2)5-8-16(14)19/h5-10,17,20H,4H2,1-3H3. The minimum atomic E-state index is -0.213. The maximum atomic E-state index is 14.1. The fourth-order valence-corrected chi connectivity index (χ4v) is 2.95.